The number of carbonyl (C=O) groups is 2. The molecule has 0 fully saturated rings. The van der Waals surface area contributed by atoms with Crippen molar-refractivity contribution < 1.29 is 19.1 Å². The lowest BCUT2D eigenvalue weighted by Gasteiger charge is -2.25. The molecule has 1 atom stereocenters. The summed E-state index contributed by atoms with van der Waals surface area (Å²) >= 11 is 1.48. The van der Waals surface area contributed by atoms with E-state index in [0.717, 1.165) is 16.3 Å². The van der Waals surface area contributed by atoms with Crippen LogP contribution in [0.25, 0.3) is 0 Å². The maximum Gasteiger partial charge on any atom is 0.407 e. The molecule has 0 radical (unpaired) electrons. The van der Waals surface area contributed by atoms with Crippen LogP contribution in [-0.2, 0) is 15.9 Å². The Morgan fingerprint density at radius 3 is 2.42 bits per heavy atom. The summed E-state index contributed by atoms with van der Waals surface area (Å²) in [6.07, 6.45) is 0.998. The van der Waals surface area contributed by atoms with Gasteiger partial charge < -0.3 is 14.8 Å². The number of esters is 1. The molecule has 1 N–H and O–H groups in total. The molecule has 0 spiro atoms. The summed E-state index contributed by atoms with van der Waals surface area (Å²) in [6.45, 7) is 11.5. The standard InChI is InChI=1S/C17H28N2O4S/c1-10(2)12(18-16(21)23-17(4,5)6)8-9-13-19-14(11(3)24-13)15(20)22-7/h10,12H,8-9H2,1-7H3,(H,18,21)/t12-/m1/s1. The Hall–Kier alpha value is -1.63. The number of ether oxygens (including phenoxy) is 2. The molecule has 6 nitrogen and oxygen atoms in total. The lowest BCUT2D eigenvalue weighted by atomic mass is 9.99. The highest BCUT2D eigenvalue weighted by molar-refractivity contribution is 7.11. The number of amides is 1. The van der Waals surface area contributed by atoms with Gasteiger partial charge in [-0.3, -0.25) is 0 Å². The number of nitrogens with zero attached hydrogens (tertiary/aromatic N) is 1. The fourth-order valence-electron chi connectivity index (χ4n) is 2.15. The number of hydrogen-bond acceptors (Lipinski definition) is 6. The third kappa shape index (κ3) is 6.47. The molecule has 1 amide bonds. The average molecular weight is 356 g/mol. The van der Waals surface area contributed by atoms with Gasteiger partial charge in [0.15, 0.2) is 5.69 Å². The smallest absolute Gasteiger partial charge is 0.407 e. The summed E-state index contributed by atoms with van der Waals surface area (Å²) < 4.78 is 10.0. The van der Waals surface area contributed by atoms with Crippen LogP contribution in [0.15, 0.2) is 0 Å². The van der Waals surface area contributed by atoms with Crippen molar-refractivity contribution in [1.29, 1.82) is 0 Å². The summed E-state index contributed by atoms with van der Waals surface area (Å²) in [7, 11) is 1.35. The molecule has 0 bridgehead atoms. The molecular formula is C17H28N2O4S. The van der Waals surface area contributed by atoms with Gasteiger partial charge in [-0.05, 0) is 40.0 Å². The van der Waals surface area contributed by atoms with E-state index in [1.54, 1.807) is 0 Å². The zero-order chi connectivity index (χ0) is 18.5. The van der Waals surface area contributed by atoms with Crippen molar-refractivity contribution >= 4 is 23.4 Å². The van der Waals surface area contributed by atoms with Crippen molar-refractivity contribution in [2.24, 2.45) is 5.92 Å². The molecular weight excluding hydrogens is 328 g/mol. The molecule has 0 aliphatic rings. The first kappa shape index (κ1) is 20.4. The highest BCUT2D eigenvalue weighted by atomic mass is 32.1. The lowest BCUT2D eigenvalue weighted by Crippen LogP contribution is -2.42. The molecule has 0 aliphatic carbocycles. The van der Waals surface area contributed by atoms with Gasteiger partial charge >= 0.3 is 12.1 Å². The highest BCUT2D eigenvalue weighted by Crippen LogP contribution is 2.21. The fraction of sp³-hybridized carbons (Fsp3) is 0.706. The number of nitrogens with one attached hydrogen (secondary N) is 1. The van der Waals surface area contributed by atoms with Gasteiger partial charge in [-0.25, -0.2) is 14.6 Å². The van der Waals surface area contributed by atoms with Gasteiger partial charge in [0.25, 0.3) is 0 Å². The minimum atomic E-state index is -0.520. The van der Waals surface area contributed by atoms with Crippen LogP contribution in [0, 0.1) is 12.8 Å². The van der Waals surface area contributed by atoms with Gasteiger partial charge in [-0.15, -0.1) is 11.3 Å². The molecule has 0 unspecified atom stereocenters. The SMILES string of the molecule is COC(=O)c1nc(CC[C@@H](NC(=O)OC(C)(C)C)C(C)C)sc1C. The van der Waals surface area contributed by atoms with Crippen LogP contribution in [0.2, 0.25) is 0 Å². The second-order valence-corrected chi connectivity index (χ2v) is 8.33. The quantitative estimate of drug-likeness (QED) is 0.786. The van der Waals surface area contributed by atoms with Crippen molar-refractivity contribution in [2.75, 3.05) is 7.11 Å². The maximum absolute atomic E-state index is 12.0. The Morgan fingerprint density at radius 2 is 1.92 bits per heavy atom. The Morgan fingerprint density at radius 1 is 1.29 bits per heavy atom. The molecule has 0 saturated carbocycles. The number of hydrogen-bond donors (Lipinski definition) is 1. The van der Waals surface area contributed by atoms with Crippen molar-refractivity contribution in [1.82, 2.24) is 10.3 Å². The predicted molar refractivity (Wildman–Crippen MR) is 94.5 cm³/mol. The summed E-state index contributed by atoms with van der Waals surface area (Å²) in [5, 5.41) is 3.79. The minimum absolute atomic E-state index is 0.0226. The Labute approximate surface area is 148 Å². The Balaban J connectivity index is 2.67. The van der Waals surface area contributed by atoms with Crippen LogP contribution in [0.4, 0.5) is 4.79 Å². The van der Waals surface area contributed by atoms with Crippen molar-refractivity contribution in [3.63, 3.8) is 0 Å². The molecule has 1 aromatic heterocycles. The van der Waals surface area contributed by atoms with E-state index in [-0.39, 0.29) is 12.0 Å². The topological polar surface area (TPSA) is 77.5 Å². The van der Waals surface area contributed by atoms with Crippen LogP contribution in [0.5, 0.6) is 0 Å². The highest BCUT2D eigenvalue weighted by Gasteiger charge is 2.22. The monoisotopic (exact) mass is 356 g/mol. The van der Waals surface area contributed by atoms with Crippen molar-refractivity contribution in [3.05, 3.63) is 15.6 Å². The molecule has 136 valence electrons. The number of thiazole rings is 1. The van der Waals surface area contributed by atoms with E-state index in [0.29, 0.717) is 12.1 Å². The van der Waals surface area contributed by atoms with Crippen LogP contribution < -0.4 is 5.32 Å². The molecule has 24 heavy (non-hydrogen) atoms. The van der Waals surface area contributed by atoms with Gasteiger partial charge in [0, 0.05) is 17.3 Å². The van der Waals surface area contributed by atoms with Crippen LogP contribution in [-0.4, -0.2) is 35.8 Å². The van der Waals surface area contributed by atoms with Crippen LogP contribution in [0.1, 0.15) is 61.4 Å². The van der Waals surface area contributed by atoms with E-state index in [1.165, 1.54) is 18.4 Å². The number of carbonyl (C=O) groups excluding carboxylic acids is 2. The zero-order valence-electron chi connectivity index (χ0n) is 15.6. The van der Waals surface area contributed by atoms with E-state index in [2.05, 4.69) is 24.1 Å². The van der Waals surface area contributed by atoms with Gasteiger partial charge in [0.2, 0.25) is 0 Å². The number of aromatic nitrogens is 1. The van der Waals surface area contributed by atoms with Gasteiger partial charge in [0.1, 0.15) is 5.60 Å². The molecule has 7 heteroatoms. The average Bonchev–Trinajstić information content (AvgIpc) is 2.81. The van der Waals surface area contributed by atoms with E-state index < -0.39 is 17.7 Å². The third-order valence-electron chi connectivity index (χ3n) is 3.40. The second-order valence-electron chi connectivity index (χ2n) is 7.04. The number of alkyl carbamates (subject to hydrolysis) is 1. The first-order valence-corrected chi connectivity index (χ1v) is 8.89. The van der Waals surface area contributed by atoms with Crippen LogP contribution in [0.3, 0.4) is 0 Å². The zero-order valence-corrected chi connectivity index (χ0v) is 16.4. The first-order chi connectivity index (χ1) is 11.0. The summed E-state index contributed by atoms with van der Waals surface area (Å²) in [6, 6.07) is -0.0226. The second kappa shape index (κ2) is 8.46. The first-order valence-electron chi connectivity index (χ1n) is 8.07. The van der Waals surface area contributed by atoms with E-state index >= 15 is 0 Å². The number of rotatable bonds is 6. The van der Waals surface area contributed by atoms with E-state index in [4.69, 9.17) is 9.47 Å². The largest absolute Gasteiger partial charge is 0.464 e. The number of aryl methyl sites for hydroxylation is 2. The lowest BCUT2D eigenvalue weighted by molar-refractivity contribution is 0.0486. The van der Waals surface area contributed by atoms with E-state index in [1.807, 2.05) is 27.7 Å². The van der Waals surface area contributed by atoms with Crippen LogP contribution >= 0.6 is 11.3 Å². The molecule has 1 heterocycles. The molecule has 1 rings (SSSR count). The predicted octanol–water partition coefficient (Wildman–Crippen LogP) is 3.72. The third-order valence-corrected chi connectivity index (χ3v) is 4.43. The van der Waals surface area contributed by atoms with E-state index in [9.17, 15) is 9.59 Å². The molecule has 0 aliphatic heterocycles. The summed E-state index contributed by atoms with van der Waals surface area (Å²) in [5.41, 5.74) is -0.147. The number of methoxy groups -OCH3 is 1. The van der Waals surface area contributed by atoms with Crippen molar-refractivity contribution in [3.8, 4) is 0 Å². The summed E-state index contributed by atoms with van der Waals surface area (Å²) in [4.78, 5) is 28.8. The molecule has 0 saturated heterocycles. The normalized spacial score (nSPS) is 12.8. The minimum Gasteiger partial charge on any atom is -0.464 e. The van der Waals surface area contributed by atoms with Gasteiger partial charge in [-0.1, -0.05) is 13.8 Å². The van der Waals surface area contributed by atoms with Gasteiger partial charge in [0.05, 0.1) is 12.1 Å². The van der Waals surface area contributed by atoms with Gasteiger partial charge in [-0.2, -0.15) is 0 Å². The molecule has 1 aromatic rings. The Kier molecular flexibility index (Phi) is 7.20. The summed E-state index contributed by atoms with van der Waals surface area (Å²) in [5.74, 6) is -0.152. The maximum atomic E-state index is 12.0. The fourth-order valence-corrected chi connectivity index (χ4v) is 3.09. The van der Waals surface area contributed by atoms with Crippen molar-refractivity contribution in [2.45, 2.75) is 66.0 Å². The Bertz CT molecular complexity index is 576. The molecule has 0 aromatic carbocycles.